The Morgan fingerprint density at radius 3 is 1.49 bits per heavy atom. The van der Waals surface area contributed by atoms with Gasteiger partial charge in [0.15, 0.2) is 0 Å². The number of hydrogen-bond donors (Lipinski definition) is 0. The van der Waals surface area contributed by atoms with Gasteiger partial charge in [0.25, 0.3) is 0 Å². The summed E-state index contributed by atoms with van der Waals surface area (Å²) in [4.78, 5) is 0. The Kier molecular flexibility index (Phi) is 6.22. The van der Waals surface area contributed by atoms with Crippen molar-refractivity contribution in [2.75, 3.05) is 0 Å². The topological polar surface area (TPSA) is 0 Å². The van der Waals surface area contributed by atoms with Crippen LogP contribution in [0.5, 0.6) is 0 Å². The average Bonchev–Trinajstić information content (AvgIpc) is 3.55. The van der Waals surface area contributed by atoms with E-state index in [9.17, 15) is 0 Å². The molecule has 0 saturated carbocycles. The van der Waals surface area contributed by atoms with Crippen LogP contribution in [-0.2, 0) is 0 Å². The Labute approximate surface area is 299 Å². The minimum Gasteiger partial charge on any atom is -0.135 e. The lowest BCUT2D eigenvalue weighted by molar-refractivity contribution is 1.65. The molecule has 0 radical (unpaired) electrons. The Hall–Kier alpha value is -6.28. The number of rotatable bonds is 3. The van der Waals surface area contributed by atoms with E-state index in [2.05, 4.69) is 182 Å². The van der Waals surface area contributed by atoms with Crippen molar-refractivity contribution in [2.45, 2.75) is 0 Å². The zero-order valence-corrected chi connectivity index (χ0v) is 28.5. The summed E-state index contributed by atoms with van der Waals surface area (Å²) in [6, 6.07) is 67.6. The van der Waals surface area contributed by atoms with E-state index in [0.29, 0.717) is 0 Å². The Morgan fingerprint density at radius 2 is 0.765 bits per heavy atom. The lowest BCUT2D eigenvalue weighted by atomic mass is 9.82. The average molecular weight is 663 g/mol. The second-order valence-corrected chi connectivity index (χ2v) is 14.7. The minimum absolute atomic E-state index is 1.23. The molecule has 0 saturated heterocycles. The standard InChI is InChI=1S/C50H30S/c1-2-12-31(13-3-1)34-22-24-39-37(26-34)27-35-16-6-7-17-38(35)49(39)50-42-20-10-8-18-40(42)48(41-19-9-11-21-43(41)50)36-23-25-46-44(29-36)45-28-32-14-4-5-15-33(32)30-47(45)51-46/h1-30H. The molecule has 51 heavy (non-hydrogen) atoms. The maximum atomic E-state index is 2.44. The molecule has 0 N–H and O–H groups in total. The smallest absolute Gasteiger partial charge is 0.0361 e. The van der Waals surface area contributed by atoms with Gasteiger partial charge in [0, 0.05) is 20.2 Å². The van der Waals surface area contributed by atoms with E-state index in [1.165, 1.54) is 107 Å². The molecule has 0 atom stereocenters. The second-order valence-electron chi connectivity index (χ2n) is 13.6. The first kappa shape index (κ1) is 28.5. The van der Waals surface area contributed by atoms with Gasteiger partial charge >= 0.3 is 0 Å². The molecule has 1 heteroatoms. The van der Waals surface area contributed by atoms with Crippen molar-refractivity contribution >= 4 is 85.4 Å². The maximum Gasteiger partial charge on any atom is 0.0361 e. The van der Waals surface area contributed by atoms with Gasteiger partial charge in [0.05, 0.1) is 0 Å². The molecule has 0 amide bonds. The Bertz CT molecular complexity index is 3130. The fourth-order valence-electron chi connectivity index (χ4n) is 8.48. The fourth-order valence-corrected chi connectivity index (χ4v) is 9.60. The normalized spacial score (nSPS) is 11.9. The molecule has 0 aliphatic carbocycles. The summed E-state index contributed by atoms with van der Waals surface area (Å²) in [6.07, 6.45) is 0. The monoisotopic (exact) mass is 662 g/mol. The molecule has 0 fully saturated rings. The lowest BCUT2D eigenvalue weighted by Crippen LogP contribution is -1.93. The van der Waals surface area contributed by atoms with Crippen LogP contribution >= 0.6 is 11.3 Å². The fraction of sp³-hybridized carbons (Fsp3) is 0. The van der Waals surface area contributed by atoms with Gasteiger partial charge in [-0.15, -0.1) is 11.3 Å². The molecule has 0 bridgehead atoms. The molecule has 0 nitrogen and oxygen atoms in total. The molecule has 11 aromatic rings. The van der Waals surface area contributed by atoms with Crippen LogP contribution in [0.4, 0.5) is 0 Å². The summed E-state index contributed by atoms with van der Waals surface area (Å²) in [7, 11) is 0. The molecule has 236 valence electrons. The van der Waals surface area contributed by atoms with Crippen molar-refractivity contribution in [2.24, 2.45) is 0 Å². The molecule has 0 aliphatic heterocycles. The van der Waals surface area contributed by atoms with E-state index in [1.54, 1.807) is 0 Å². The summed E-state index contributed by atoms with van der Waals surface area (Å²) in [5.74, 6) is 0. The molecule has 1 aromatic heterocycles. The van der Waals surface area contributed by atoms with E-state index in [1.807, 2.05) is 11.3 Å². The highest BCUT2D eigenvalue weighted by Gasteiger charge is 2.21. The van der Waals surface area contributed by atoms with E-state index in [4.69, 9.17) is 0 Å². The SMILES string of the molecule is c1ccc(-c2ccc3c(-c4c5ccccc5c(-c5ccc6sc7cc8ccccc8cc7c6c5)c5ccccc45)c4ccccc4cc3c2)cc1. The second kappa shape index (κ2) is 11.1. The minimum atomic E-state index is 1.23. The summed E-state index contributed by atoms with van der Waals surface area (Å²) in [6.45, 7) is 0. The molecule has 0 aliphatic rings. The van der Waals surface area contributed by atoms with Gasteiger partial charge in [-0.25, -0.2) is 0 Å². The molecule has 11 rings (SSSR count). The molecule has 0 unspecified atom stereocenters. The van der Waals surface area contributed by atoms with E-state index < -0.39 is 0 Å². The van der Waals surface area contributed by atoms with Gasteiger partial charge in [-0.05, 0) is 124 Å². The third-order valence-electron chi connectivity index (χ3n) is 10.8. The largest absolute Gasteiger partial charge is 0.135 e. The highest BCUT2D eigenvalue weighted by molar-refractivity contribution is 7.25. The molecule has 10 aromatic carbocycles. The van der Waals surface area contributed by atoms with Gasteiger partial charge in [-0.2, -0.15) is 0 Å². The van der Waals surface area contributed by atoms with Gasteiger partial charge < -0.3 is 0 Å². The van der Waals surface area contributed by atoms with Crippen LogP contribution in [0.2, 0.25) is 0 Å². The van der Waals surface area contributed by atoms with Crippen molar-refractivity contribution in [3.05, 3.63) is 182 Å². The van der Waals surface area contributed by atoms with E-state index in [0.717, 1.165) is 0 Å². The Balaban J connectivity index is 1.23. The lowest BCUT2D eigenvalue weighted by Gasteiger charge is -2.20. The molecular formula is C50H30S. The predicted molar refractivity (Wildman–Crippen MR) is 223 cm³/mol. The van der Waals surface area contributed by atoms with Crippen molar-refractivity contribution in [1.29, 1.82) is 0 Å². The first-order chi connectivity index (χ1) is 25.3. The van der Waals surface area contributed by atoms with Crippen LogP contribution in [-0.4, -0.2) is 0 Å². The van der Waals surface area contributed by atoms with Gasteiger partial charge in [0.1, 0.15) is 0 Å². The summed E-state index contributed by atoms with van der Waals surface area (Å²) in [5, 5.41) is 15.4. The third kappa shape index (κ3) is 4.39. The van der Waals surface area contributed by atoms with Gasteiger partial charge in [-0.1, -0.05) is 146 Å². The quantitative estimate of drug-likeness (QED) is 0.165. The van der Waals surface area contributed by atoms with Gasteiger partial charge in [0.2, 0.25) is 0 Å². The van der Waals surface area contributed by atoms with Crippen molar-refractivity contribution in [3.8, 4) is 33.4 Å². The van der Waals surface area contributed by atoms with Crippen LogP contribution in [0.15, 0.2) is 182 Å². The molecular weight excluding hydrogens is 633 g/mol. The zero-order chi connectivity index (χ0) is 33.5. The van der Waals surface area contributed by atoms with Crippen LogP contribution in [0.25, 0.3) is 107 Å². The third-order valence-corrected chi connectivity index (χ3v) is 11.9. The van der Waals surface area contributed by atoms with Crippen molar-refractivity contribution < 1.29 is 0 Å². The highest BCUT2D eigenvalue weighted by Crippen LogP contribution is 2.49. The number of benzene rings is 10. The van der Waals surface area contributed by atoms with Crippen LogP contribution in [0.1, 0.15) is 0 Å². The number of hydrogen-bond acceptors (Lipinski definition) is 1. The molecule has 0 spiro atoms. The number of thiophene rings is 1. The summed E-state index contributed by atoms with van der Waals surface area (Å²) in [5.41, 5.74) is 7.62. The van der Waals surface area contributed by atoms with Gasteiger partial charge in [-0.3, -0.25) is 0 Å². The van der Waals surface area contributed by atoms with E-state index >= 15 is 0 Å². The number of fused-ring (bicyclic) bond motifs is 8. The Morgan fingerprint density at radius 1 is 0.235 bits per heavy atom. The first-order valence-electron chi connectivity index (χ1n) is 17.6. The molecule has 1 heterocycles. The predicted octanol–water partition coefficient (Wildman–Crippen LogP) is 14.8. The summed E-state index contributed by atoms with van der Waals surface area (Å²) >= 11 is 1.89. The highest BCUT2D eigenvalue weighted by atomic mass is 32.1. The van der Waals surface area contributed by atoms with Crippen molar-refractivity contribution in [3.63, 3.8) is 0 Å². The summed E-state index contributed by atoms with van der Waals surface area (Å²) < 4.78 is 2.66. The zero-order valence-electron chi connectivity index (χ0n) is 27.7. The van der Waals surface area contributed by atoms with Crippen molar-refractivity contribution in [1.82, 2.24) is 0 Å². The van der Waals surface area contributed by atoms with Crippen LogP contribution in [0.3, 0.4) is 0 Å². The van der Waals surface area contributed by atoms with Crippen LogP contribution < -0.4 is 0 Å². The van der Waals surface area contributed by atoms with E-state index in [-0.39, 0.29) is 0 Å². The maximum absolute atomic E-state index is 2.44. The van der Waals surface area contributed by atoms with Crippen LogP contribution in [0, 0.1) is 0 Å². The first-order valence-corrected chi connectivity index (χ1v) is 18.4.